The lowest BCUT2D eigenvalue weighted by atomic mass is 10.0. The summed E-state index contributed by atoms with van der Waals surface area (Å²) in [5.74, 6) is 0. The second-order valence-electron chi connectivity index (χ2n) is 5.70. The topological polar surface area (TPSA) is 6.48 Å². The number of halogens is 1. The summed E-state index contributed by atoms with van der Waals surface area (Å²) in [5, 5.41) is 0. The van der Waals surface area contributed by atoms with E-state index in [1.54, 1.807) is 11.3 Å². The van der Waals surface area contributed by atoms with Crippen molar-refractivity contribution < 1.29 is 0 Å². The lowest BCUT2D eigenvalue weighted by Gasteiger charge is -2.38. The second-order valence-corrected chi connectivity index (χ2v) is 7.50. The highest BCUT2D eigenvalue weighted by atomic mass is 35.5. The molecule has 1 aromatic heterocycles. The van der Waals surface area contributed by atoms with Crippen LogP contribution in [0.1, 0.15) is 17.7 Å². The third kappa shape index (κ3) is 3.79. The molecule has 1 saturated heterocycles. The summed E-state index contributed by atoms with van der Waals surface area (Å²) in [7, 11) is 2.21. The maximum Gasteiger partial charge on any atom is 0.0931 e. The van der Waals surface area contributed by atoms with E-state index in [1.807, 2.05) is 6.07 Å². The fourth-order valence-corrected chi connectivity index (χ4v) is 4.05. The quantitative estimate of drug-likeness (QED) is 0.818. The SMILES string of the molecule is CN1CCC(N(Cc2ccc(Cl)s2)c2ccccc2)CC1. The van der Waals surface area contributed by atoms with Gasteiger partial charge in [-0.2, -0.15) is 0 Å². The van der Waals surface area contributed by atoms with Crippen LogP contribution < -0.4 is 4.90 Å². The lowest BCUT2D eigenvalue weighted by molar-refractivity contribution is 0.249. The van der Waals surface area contributed by atoms with Gasteiger partial charge in [-0.15, -0.1) is 11.3 Å². The van der Waals surface area contributed by atoms with Gasteiger partial charge in [-0.3, -0.25) is 0 Å². The molecular formula is C17H21ClN2S. The predicted molar refractivity (Wildman–Crippen MR) is 92.5 cm³/mol. The maximum atomic E-state index is 6.09. The van der Waals surface area contributed by atoms with Crippen molar-refractivity contribution in [3.05, 3.63) is 51.7 Å². The number of likely N-dealkylation sites (tertiary alicyclic amines) is 1. The van der Waals surface area contributed by atoms with Gasteiger partial charge in [0.2, 0.25) is 0 Å². The molecule has 1 aliphatic heterocycles. The number of hydrogen-bond donors (Lipinski definition) is 0. The largest absolute Gasteiger partial charge is 0.363 e. The number of benzene rings is 1. The standard InChI is InChI=1S/C17H21ClN2S/c1-19-11-9-15(10-12-19)20(14-5-3-2-4-6-14)13-16-7-8-17(18)21-16/h2-8,15H,9-13H2,1H3. The Kier molecular flexibility index (Phi) is 4.84. The molecule has 0 atom stereocenters. The van der Waals surface area contributed by atoms with Gasteiger partial charge in [0.25, 0.3) is 0 Å². The van der Waals surface area contributed by atoms with E-state index in [4.69, 9.17) is 11.6 Å². The van der Waals surface area contributed by atoms with E-state index in [-0.39, 0.29) is 0 Å². The molecule has 2 nitrogen and oxygen atoms in total. The summed E-state index contributed by atoms with van der Waals surface area (Å²) in [6.07, 6.45) is 2.45. The van der Waals surface area contributed by atoms with Crippen LogP contribution in [0.3, 0.4) is 0 Å². The molecule has 2 heterocycles. The van der Waals surface area contributed by atoms with Gasteiger partial charge in [0.05, 0.1) is 10.9 Å². The average Bonchev–Trinajstić information content (AvgIpc) is 2.92. The minimum absolute atomic E-state index is 0.615. The Bertz CT molecular complexity index is 561. The molecule has 4 heteroatoms. The van der Waals surface area contributed by atoms with Gasteiger partial charge in [-0.05, 0) is 57.2 Å². The van der Waals surface area contributed by atoms with Crippen LogP contribution in [0.25, 0.3) is 0 Å². The number of anilines is 1. The van der Waals surface area contributed by atoms with Gasteiger partial charge < -0.3 is 9.80 Å². The zero-order chi connectivity index (χ0) is 14.7. The van der Waals surface area contributed by atoms with Crippen LogP contribution in [-0.4, -0.2) is 31.1 Å². The van der Waals surface area contributed by atoms with E-state index in [9.17, 15) is 0 Å². The Hall–Kier alpha value is -1.03. The second kappa shape index (κ2) is 6.82. The van der Waals surface area contributed by atoms with Gasteiger partial charge in [0, 0.05) is 16.6 Å². The molecule has 2 aromatic rings. The van der Waals surface area contributed by atoms with Gasteiger partial charge in [0.1, 0.15) is 0 Å². The Morgan fingerprint density at radius 1 is 1.14 bits per heavy atom. The van der Waals surface area contributed by atoms with Crippen LogP contribution in [0.4, 0.5) is 5.69 Å². The van der Waals surface area contributed by atoms with Crippen molar-refractivity contribution in [3.8, 4) is 0 Å². The Morgan fingerprint density at radius 3 is 2.48 bits per heavy atom. The van der Waals surface area contributed by atoms with Crippen molar-refractivity contribution in [2.24, 2.45) is 0 Å². The highest BCUT2D eigenvalue weighted by Crippen LogP contribution is 2.29. The Balaban J connectivity index is 1.81. The first kappa shape index (κ1) is 14.9. The molecule has 0 aliphatic carbocycles. The maximum absolute atomic E-state index is 6.09. The fourth-order valence-electron chi connectivity index (χ4n) is 2.96. The first-order valence-corrected chi connectivity index (χ1v) is 8.66. The summed E-state index contributed by atoms with van der Waals surface area (Å²) >= 11 is 7.78. The molecule has 3 rings (SSSR count). The zero-order valence-corrected chi connectivity index (χ0v) is 13.9. The van der Waals surface area contributed by atoms with Crippen molar-refractivity contribution >= 4 is 28.6 Å². The molecule has 1 fully saturated rings. The van der Waals surface area contributed by atoms with Crippen LogP contribution in [-0.2, 0) is 6.54 Å². The highest BCUT2D eigenvalue weighted by molar-refractivity contribution is 7.16. The van der Waals surface area contributed by atoms with Gasteiger partial charge in [-0.25, -0.2) is 0 Å². The van der Waals surface area contributed by atoms with E-state index in [2.05, 4.69) is 53.2 Å². The number of rotatable bonds is 4. The number of thiophene rings is 1. The summed E-state index contributed by atoms with van der Waals surface area (Å²) in [4.78, 5) is 6.31. The Labute approximate surface area is 136 Å². The van der Waals surface area contributed by atoms with Crippen LogP contribution in [0.15, 0.2) is 42.5 Å². The molecule has 0 N–H and O–H groups in total. The molecule has 1 aromatic carbocycles. The smallest absolute Gasteiger partial charge is 0.0931 e. The van der Waals surface area contributed by atoms with Crippen molar-refractivity contribution in [2.45, 2.75) is 25.4 Å². The normalized spacial score (nSPS) is 17.0. The molecule has 112 valence electrons. The van der Waals surface area contributed by atoms with Crippen LogP contribution in [0, 0.1) is 0 Å². The Morgan fingerprint density at radius 2 is 1.86 bits per heavy atom. The number of nitrogens with zero attached hydrogens (tertiary/aromatic N) is 2. The molecule has 0 saturated carbocycles. The first-order valence-electron chi connectivity index (χ1n) is 7.47. The van der Waals surface area contributed by atoms with E-state index in [0.717, 1.165) is 10.9 Å². The summed E-state index contributed by atoms with van der Waals surface area (Å²) in [5.41, 5.74) is 1.32. The van der Waals surface area contributed by atoms with E-state index >= 15 is 0 Å². The van der Waals surface area contributed by atoms with Crippen LogP contribution >= 0.6 is 22.9 Å². The minimum atomic E-state index is 0.615. The predicted octanol–water partition coefficient (Wildman–Crippen LogP) is 4.50. The molecule has 0 spiro atoms. The number of para-hydroxylation sites is 1. The molecule has 0 bridgehead atoms. The lowest BCUT2D eigenvalue weighted by Crippen LogP contribution is -2.43. The number of hydrogen-bond acceptors (Lipinski definition) is 3. The summed E-state index contributed by atoms with van der Waals surface area (Å²) in [6, 6.07) is 15.5. The van der Waals surface area contributed by atoms with E-state index in [1.165, 1.54) is 36.5 Å². The number of piperidine rings is 1. The third-order valence-corrected chi connectivity index (χ3v) is 5.39. The molecule has 1 aliphatic rings. The monoisotopic (exact) mass is 320 g/mol. The summed E-state index contributed by atoms with van der Waals surface area (Å²) in [6.45, 7) is 3.31. The molecule has 21 heavy (non-hydrogen) atoms. The molecule has 0 unspecified atom stereocenters. The van der Waals surface area contributed by atoms with Crippen molar-refractivity contribution in [3.63, 3.8) is 0 Å². The van der Waals surface area contributed by atoms with Crippen molar-refractivity contribution in [1.29, 1.82) is 0 Å². The van der Waals surface area contributed by atoms with Gasteiger partial charge >= 0.3 is 0 Å². The molecule has 0 amide bonds. The first-order chi connectivity index (χ1) is 10.2. The summed E-state index contributed by atoms with van der Waals surface area (Å²) < 4.78 is 0.876. The van der Waals surface area contributed by atoms with E-state index < -0.39 is 0 Å². The van der Waals surface area contributed by atoms with Crippen molar-refractivity contribution in [2.75, 3.05) is 25.0 Å². The van der Waals surface area contributed by atoms with Gasteiger partial charge in [0.15, 0.2) is 0 Å². The zero-order valence-electron chi connectivity index (χ0n) is 12.3. The van der Waals surface area contributed by atoms with E-state index in [0.29, 0.717) is 6.04 Å². The van der Waals surface area contributed by atoms with Gasteiger partial charge in [-0.1, -0.05) is 29.8 Å². The molecule has 0 radical (unpaired) electrons. The fraction of sp³-hybridized carbons (Fsp3) is 0.412. The highest BCUT2D eigenvalue weighted by Gasteiger charge is 2.23. The van der Waals surface area contributed by atoms with Crippen LogP contribution in [0.2, 0.25) is 4.34 Å². The third-order valence-electron chi connectivity index (χ3n) is 4.17. The average molecular weight is 321 g/mol. The van der Waals surface area contributed by atoms with Crippen molar-refractivity contribution in [1.82, 2.24) is 4.90 Å². The molecular weight excluding hydrogens is 300 g/mol. The minimum Gasteiger partial charge on any atom is -0.363 e. The van der Waals surface area contributed by atoms with Crippen LogP contribution in [0.5, 0.6) is 0 Å².